The molecule has 0 radical (unpaired) electrons. The molecule has 0 fully saturated rings. The van der Waals surface area contributed by atoms with Crippen molar-refractivity contribution in [2.45, 2.75) is 21.9 Å². The highest BCUT2D eigenvalue weighted by Gasteiger charge is 2.15. The smallest absolute Gasteiger partial charge is 0.141 e. The summed E-state index contributed by atoms with van der Waals surface area (Å²) < 4.78 is 7.11. The molecular formula is C27H26ClN4O3S2-. The van der Waals surface area contributed by atoms with Crippen LogP contribution in [0.1, 0.15) is 18.4 Å². The number of rotatable bonds is 12. The van der Waals surface area contributed by atoms with Gasteiger partial charge in [0.05, 0.1) is 27.3 Å². The Hall–Kier alpha value is -3.11. The molecule has 0 saturated heterocycles. The van der Waals surface area contributed by atoms with E-state index >= 15 is 0 Å². The lowest BCUT2D eigenvalue weighted by atomic mass is 10.0. The first kappa shape index (κ1) is 26.9. The van der Waals surface area contributed by atoms with Gasteiger partial charge in [0, 0.05) is 33.2 Å². The van der Waals surface area contributed by atoms with Gasteiger partial charge in [-0.2, -0.15) is 0 Å². The van der Waals surface area contributed by atoms with Gasteiger partial charge in [0.25, 0.3) is 0 Å². The average Bonchev–Trinajstić information content (AvgIpc) is 3.38. The number of benzene rings is 2. The topological polar surface area (TPSA) is 90.4 Å². The van der Waals surface area contributed by atoms with E-state index in [1.807, 2.05) is 49.8 Å². The molecule has 1 N–H and O–H groups in total. The lowest BCUT2D eigenvalue weighted by molar-refractivity contribution is -0.295. The fraction of sp³-hybridized carbons (Fsp3) is 0.222. The van der Waals surface area contributed by atoms with Crippen molar-refractivity contribution in [2.24, 2.45) is 0 Å². The molecule has 4 aromatic rings. The van der Waals surface area contributed by atoms with Gasteiger partial charge in [-0.1, -0.05) is 36.0 Å². The maximum Gasteiger partial charge on any atom is 0.141 e. The minimum absolute atomic E-state index is 0.169. The van der Waals surface area contributed by atoms with E-state index in [9.17, 15) is 9.90 Å². The quantitative estimate of drug-likeness (QED) is 0.176. The van der Waals surface area contributed by atoms with Crippen LogP contribution in [0, 0.1) is 0 Å². The number of hydrogen-bond acceptors (Lipinski definition) is 9. The van der Waals surface area contributed by atoms with Crippen molar-refractivity contribution in [3.8, 4) is 5.75 Å². The SMILES string of the molecule is C=C(C(=O)[O-])c1cc2c(Nc3ccc(Sc4cccs4)c(Cl)c3)ncnc2cc1OCCCCN(C)C. The summed E-state index contributed by atoms with van der Waals surface area (Å²) in [6, 6.07) is 13.1. The van der Waals surface area contributed by atoms with Crippen LogP contribution in [0.25, 0.3) is 16.5 Å². The van der Waals surface area contributed by atoms with Crippen LogP contribution in [0.4, 0.5) is 11.5 Å². The van der Waals surface area contributed by atoms with E-state index in [2.05, 4.69) is 26.8 Å². The van der Waals surface area contributed by atoms with E-state index in [1.54, 1.807) is 35.2 Å². The predicted octanol–water partition coefficient (Wildman–Crippen LogP) is 5.72. The minimum Gasteiger partial charge on any atom is -0.545 e. The number of nitrogens with one attached hydrogen (secondary N) is 1. The number of carboxylic acid groups (broad SMARTS) is 1. The summed E-state index contributed by atoms with van der Waals surface area (Å²) in [6.45, 7) is 5.08. The molecule has 4 rings (SSSR count). The molecule has 0 atom stereocenters. The third-order valence-corrected chi connectivity index (χ3v) is 8.00. The number of unbranched alkanes of at least 4 members (excludes halogenated alkanes) is 1. The minimum atomic E-state index is -1.37. The second-order valence-electron chi connectivity index (χ2n) is 8.52. The number of aromatic nitrogens is 2. The standard InChI is InChI=1S/C27H27ClN4O3S2/c1-17(27(33)34)19-14-20-22(15-23(19)35-11-5-4-10-32(2)3)29-16-30-26(20)31-18-8-9-24(21(28)13-18)37-25-7-6-12-36-25/h6-9,12-16H,1,4-5,10-11H2,2-3H3,(H,33,34)(H,29,30,31)/p-1. The molecule has 2 aromatic heterocycles. The van der Waals surface area contributed by atoms with Crippen molar-refractivity contribution in [1.29, 1.82) is 0 Å². The number of fused-ring (bicyclic) bond motifs is 1. The Kier molecular flexibility index (Phi) is 9.04. The van der Waals surface area contributed by atoms with Gasteiger partial charge >= 0.3 is 0 Å². The molecule has 7 nitrogen and oxygen atoms in total. The molecule has 192 valence electrons. The Morgan fingerprint density at radius 3 is 2.76 bits per heavy atom. The van der Waals surface area contributed by atoms with Crippen molar-refractivity contribution in [3.05, 3.63) is 71.3 Å². The van der Waals surface area contributed by atoms with Gasteiger partial charge in [-0.05, 0) is 69.2 Å². The summed E-state index contributed by atoms with van der Waals surface area (Å²) in [6.07, 6.45) is 3.23. The summed E-state index contributed by atoms with van der Waals surface area (Å²) in [7, 11) is 4.04. The number of halogens is 1. The Balaban J connectivity index is 1.60. The van der Waals surface area contributed by atoms with Crippen molar-refractivity contribution in [1.82, 2.24) is 14.9 Å². The maximum absolute atomic E-state index is 11.7. The lowest BCUT2D eigenvalue weighted by Gasteiger charge is -2.17. The molecule has 0 unspecified atom stereocenters. The number of carbonyl (C=O) groups is 1. The molecule has 2 aromatic carbocycles. The number of nitrogens with zero attached hydrogens (tertiary/aromatic N) is 3. The van der Waals surface area contributed by atoms with E-state index in [4.69, 9.17) is 16.3 Å². The summed E-state index contributed by atoms with van der Waals surface area (Å²) >= 11 is 9.81. The van der Waals surface area contributed by atoms with Gasteiger partial charge in [0.1, 0.15) is 17.9 Å². The highest BCUT2D eigenvalue weighted by molar-refractivity contribution is 8.01. The number of carbonyl (C=O) groups excluding carboxylic acids is 1. The molecule has 0 saturated carbocycles. The summed E-state index contributed by atoms with van der Waals surface area (Å²) in [5.41, 5.74) is 1.50. The van der Waals surface area contributed by atoms with Gasteiger partial charge < -0.3 is 24.9 Å². The van der Waals surface area contributed by atoms with Crippen LogP contribution in [-0.4, -0.2) is 48.1 Å². The van der Waals surface area contributed by atoms with Crippen LogP contribution >= 0.6 is 34.7 Å². The highest BCUT2D eigenvalue weighted by atomic mass is 35.5. The van der Waals surface area contributed by atoms with Gasteiger partial charge in [0.15, 0.2) is 0 Å². The van der Waals surface area contributed by atoms with Crippen LogP contribution < -0.4 is 15.2 Å². The molecule has 0 amide bonds. The third kappa shape index (κ3) is 7.01. The maximum atomic E-state index is 11.7. The third-order valence-electron chi connectivity index (χ3n) is 5.47. The molecule has 0 aliphatic carbocycles. The van der Waals surface area contributed by atoms with Gasteiger partial charge in [-0.3, -0.25) is 0 Å². The van der Waals surface area contributed by atoms with Gasteiger partial charge in [-0.15, -0.1) is 11.3 Å². The summed E-state index contributed by atoms with van der Waals surface area (Å²) in [5.74, 6) is -0.465. The Morgan fingerprint density at radius 2 is 2.05 bits per heavy atom. The van der Waals surface area contributed by atoms with Crippen LogP contribution in [0.3, 0.4) is 0 Å². The lowest BCUT2D eigenvalue weighted by Crippen LogP contribution is -2.23. The summed E-state index contributed by atoms with van der Waals surface area (Å²) in [4.78, 5) is 23.5. The zero-order chi connectivity index (χ0) is 26.4. The fourth-order valence-electron chi connectivity index (χ4n) is 3.59. The number of hydrogen-bond donors (Lipinski definition) is 1. The molecular weight excluding hydrogens is 528 g/mol. The van der Waals surface area contributed by atoms with Crippen molar-refractivity contribution in [3.63, 3.8) is 0 Å². The number of thiophene rings is 1. The molecule has 37 heavy (non-hydrogen) atoms. The van der Waals surface area contributed by atoms with Crippen LogP contribution in [0.5, 0.6) is 5.75 Å². The number of aliphatic carboxylic acids is 1. The summed E-state index contributed by atoms with van der Waals surface area (Å²) in [5, 5.41) is 18.2. The zero-order valence-electron chi connectivity index (χ0n) is 20.5. The number of anilines is 2. The first-order valence-electron chi connectivity index (χ1n) is 11.6. The number of ether oxygens (including phenoxy) is 1. The van der Waals surface area contributed by atoms with E-state index in [1.165, 1.54) is 6.33 Å². The molecule has 10 heteroatoms. The van der Waals surface area contributed by atoms with Crippen LogP contribution in [-0.2, 0) is 4.79 Å². The van der Waals surface area contributed by atoms with E-state index < -0.39 is 5.97 Å². The second kappa shape index (κ2) is 12.4. The van der Waals surface area contributed by atoms with Gasteiger partial charge in [0.2, 0.25) is 0 Å². The second-order valence-corrected chi connectivity index (χ2v) is 11.2. The van der Waals surface area contributed by atoms with Crippen molar-refractivity contribution in [2.75, 3.05) is 32.6 Å². The Bertz CT molecular complexity index is 1410. The fourth-order valence-corrected chi connectivity index (χ4v) is 5.62. The highest BCUT2D eigenvalue weighted by Crippen LogP contribution is 2.38. The predicted molar refractivity (Wildman–Crippen MR) is 150 cm³/mol. The molecule has 2 heterocycles. The molecule has 0 bridgehead atoms. The monoisotopic (exact) mass is 553 g/mol. The number of carboxylic acids is 1. The normalized spacial score (nSPS) is 11.1. The largest absolute Gasteiger partial charge is 0.545 e. The molecule has 0 aliphatic heterocycles. The van der Waals surface area contributed by atoms with E-state index in [0.29, 0.717) is 39.7 Å². The van der Waals surface area contributed by atoms with Crippen molar-refractivity contribution < 1.29 is 14.6 Å². The average molecular weight is 554 g/mol. The zero-order valence-corrected chi connectivity index (χ0v) is 22.9. The van der Waals surface area contributed by atoms with Crippen LogP contribution in [0.15, 0.2) is 69.9 Å². The molecule has 0 spiro atoms. The first-order chi connectivity index (χ1) is 17.8. The van der Waals surface area contributed by atoms with Crippen LogP contribution in [0.2, 0.25) is 5.02 Å². The Morgan fingerprint density at radius 1 is 1.22 bits per heavy atom. The van der Waals surface area contributed by atoms with Gasteiger partial charge in [-0.25, -0.2) is 9.97 Å². The van der Waals surface area contributed by atoms with E-state index in [-0.39, 0.29) is 5.57 Å². The first-order valence-corrected chi connectivity index (χ1v) is 13.6. The van der Waals surface area contributed by atoms with E-state index in [0.717, 1.165) is 34.2 Å². The van der Waals surface area contributed by atoms with Crippen molar-refractivity contribution >= 4 is 68.7 Å². The Labute approximate surface area is 229 Å². The molecule has 0 aliphatic rings.